The molecule has 0 aliphatic carbocycles. The smallest absolute Gasteiger partial charge is 0.163 e. The van der Waals surface area contributed by atoms with Crippen molar-refractivity contribution in [3.05, 3.63) is 72.7 Å². The van der Waals surface area contributed by atoms with Gasteiger partial charge < -0.3 is 19.9 Å². The summed E-state index contributed by atoms with van der Waals surface area (Å²) in [6, 6.07) is 14.5. The summed E-state index contributed by atoms with van der Waals surface area (Å²) >= 11 is 0. The van der Waals surface area contributed by atoms with Gasteiger partial charge in [-0.05, 0) is 42.6 Å². The van der Waals surface area contributed by atoms with Crippen molar-refractivity contribution in [3.8, 4) is 34.3 Å². The molecule has 0 atom stereocenters. The molecule has 2 N–H and O–H groups in total. The molecule has 0 spiro atoms. The third-order valence-corrected chi connectivity index (χ3v) is 5.72. The van der Waals surface area contributed by atoms with Crippen LogP contribution in [-0.2, 0) is 0 Å². The van der Waals surface area contributed by atoms with Crippen LogP contribution in [-0.4, -0.2) is 35.0 Å². The number of ketones is 1. The van der Waals surface area contributed by atoms with E-state index in [0.29, 0.717) is 45.6 Å². The normalized spacial score (nSPS) is 10.9. The number of fused-ring (bicyclic) bond motifs is 3. The average molecular weight is 466 g/mol. The van der Waals surface area contributed by atoms with E-state index in [2.05, 4.69) is 15.0 Å². The Kier molecular flexibility index (Phi) is 5.62. The second kappa shape index (κ2) is 8.90. The summed E-state index contributed by atoms with van der Waals surface area (Å²) in [6.45, 7) is 1.50. The zero-order chi connectivity index (χ0) is 24.5. The summed E-state index contributed by atoms with van der Waals surface area (Å²) in [5.74, 6) is 2.38. The van der Waals surface area contributed by atoms with E-state index in [4.69, 9.17) is 19.9 Å². The molecule has 0 fully saturated rings. The lowest BCUT2D eigenvalue weighted by Crippen LogP contribution is -1.98. The molecule has 0 bridgehead atoms. The second-order valence-corrected chi connectivity index (χ2v) is 7.90. The maximum Gasteiger partial charge on any atom is 0.163 e. The monoisotopic (exact) mass is 466 g/mol. The van der Waals surface area contributed by atoms with E-state index in [1.807, 2.05) is 30.3 Å². The van der Waals surface area contributed by atoms with Crippen LogP contribution < -0.4 is 19.9 Å². The van der Waals surface area contributed by atoms with Crippen molar-refractivity contribution in [3.63, 3.8) is 0 Å². The Morgan fingerprint density at radius 1 is 0.857 bits per heavy atom. The number of hydrogen-bond acceptors (Lipinski definition) is 8. The molecular weight excluding hydrogens is 444 g/mol. The van der Waals surface area contributed by atoms with Crippen LogP contribution in [0.3, 0.4) is 0 Å². The molecule has 0 radical (unpaired) electrons. The molecule has 35 heavy (non-hydrogen) atoms. The lowest BCUT2D eigenvalue weighted by atomic mass is 10.0. The Labute approximate surface area is 201 Å². The fourth-order valence-corrected chi connectivity index (χ4v) is 3.99. The summed E-state index contributed by atoms with van der Waals surface area (Å²) in [5, 5.41) is 2.45. The highest BCUT2D eigenvalue weighted by Crippen LogP contribution is 2.37. The summed E-state index contributed by atoms with van der Waals surface area (Å²) in [6.07, 6.45) is 4.97. The van der Waals surface area contributed by atoms with Gasteiger partial charge in [0.05, 0.1) is 37.2 Å². The molecule has 0 aliphatic heterocycles. The molecule has 0 unspecified atom stereocenters. The highest BCUT2D eigenvalue weighted by Gasteiger charge is 2.15. The summed E-state index contributed by atoms with van der Waals surface area (Å²) in [5.41, 5.74) is 8.89. The first-order valence-electron chi connectivity index (χ1n) is 10.8. The highest BCUT2D eigenvalue weighted by molar-refractivity contribution is 6.10. The Bertz CT molecular complexity index is 1600. The van der Waals surface area contributed by atoms with E-state index in [1.54, 1.807) is 51.0 Å². The minimum atomic E-state index is -0.0822. The van der Waals surface area contributed by atoms with Crippen LogP contribution in [0.4, 0.5) is 5.82 Å². The molecule has 2 aromatic carbocycles. The zero-order valence-corrected chi connectivity index (χ0v) is 19.4. The summed E-state index contributed by atoms with van der Waals surface area (Å²) < 4.78 is 16.9. The van der Waals surface area contributed by atoms with Gasteiger partial charge >= 0.3 is 0 Å². The molecule has 0 saturated heterocycles. The predicted molar refractivity (Wildman–Crippen MR) is 134 cm³/mol. The first-order valence-corrected chi connectivity index (χ1v) is 10.8. The van der Waals surface area contributed by atoms with Gasteiger partial charge in [0, 0.05) is 34.8 Å². The number of Topliss-reactive ketones (excluding diaryl/α,β-unsaturated/α-hetero) is 1. The van der Waals surface area contributed by atoms with Crippen LogP contribution in [0.15, 0.2) is 67.1 Å². The Balaban J connectivity index is 1.62. The summed E-state index contributed by atoms with van der Waals surface area (Å²) in [7, 11) is 3.17. The van der Waals surface area contributed by atoms with E-state index < -0.39 is 0 Å². The number of hydrogen-bond donors (Lipinski definition) is 1. The molecule has 8 heteroatoms. The maximum atomic E-state index is 12.0. The molecule has 3 heterocycles. The fourth-order valence-electron chi connectivity index (χ4n) is 3.99. The number of nitrogens with two attached hydrogens (primary N) is 1. The van der Waals surface area contributed by atoms with Gasteiger partial charge in [-0.2, -0.15) is 0 Å². The van der Waals surface area contributed by atoms with Gasteiger partial charge in [-0.3, -0.25) is 14.8 Å². The van der Waals surface area contributed by atoms with E-state index in [1.165, 1.54) is 6.92 Å². The van der Waals surface area contributed by atoms with Crippen molar-refractivity contribution in [2.75, 3.05) is 20.0 Å². The molecule has 5 aromatic rings. The number of benzene rings is 2. The minimum Gasteiger partial charge on any atom is -0.493 e. The Hall–Kier alpha value is -4.72. The van der Waals surface area contributed by atoms with E-state index >= 15 is 0 Å². The number of ether oxygens (including phenoxy) is 3. The van der Waals surface area contributed by atoms with Crippen molar-refractivity contribution in [2.45, 2.75) is 6.92 Å². The van der Waals surface area contributed by atoms with Crippen molar-refractivity contribution < 1.29 is 19.0 Å². The molecule has 3 aromatic heterocycles. The highest BCUT2D eigenvalue weighted by atomic mass is 16.5. The molecule has 0 aliphatic rings. The van der Waals surface area contributed by atoms with Gasteiger partial charge in [-0.15, -0.1) is 0 Å². The average Bonchev–Trinajstić information content (AvgIpc) is 2.88. The third kappa shape index (κ3) is 4.06. The van der Waals surface area contributed by atoms with Crippen LogP contribution in [0.1, 0.15) is 17.3 Å². The van der Waals surface area contributed by atoms with Gasteiger partial charge in [0.2, 0.25) is 0 Å². The quantitative estimate of drug-likeness (QED) is 0.260. The first kappa shape index (κ1) is 22.1. The topological polar surface area (TPSA) is 109 Å². The largest absolute Gasteiger partial charge is 0.493 e. The van der Waals surface area contributed by atoms with Crippen LogP contribution in [0, 0.1) is 0 Å². The lowest BCUT2D eigenvalue weighted by molar-refractivity contribution is 0.101. The van der Waals surface area contributed by atoms with Crippen LogP contribution in [0.5, 0.6) is 23.0 Å². The Morgan fingerprint density at radius 2 is 1.63 bits per heavy atom. The molecule has 0 saturated carbocycles. The predicted octanol–water partition coefficient (Wildman–Crippen LogP) is 5.44. The second-order valence-electron chi connectivity index (χ2n) is 7.90. The Morgan fingerprint density at radius 3 is 2.40 bits per heavy atom. The van der Waals surface area contributed by atoms with Crippen molar-refractivity contribution in [1.29, 1.82) is 0 Å². The maximum absolute atomic E-state index is 12.0. The van der Waals surface area contributed by atoms with Crippen LogP contribution >= 0.6 is 0 Å². The number of nitrogen functional groups attached to an aromatic ring is 1. The molecule has 8 nitrogen and oxygen atoms in total. The third-order valence-electron chi connectivity index (χ3n) is 5.72. The van der Waals surface area contributed by atoms with E-state index in [9.17, 15) is 4.79 Å². The van der Waals surface area contributed by atoms with E-state index in [-0.39, 0.29) is 5.78 Å². The fraction of sp³-hybridized carbons (Fsp3) is 0.111. The van der Waals surface area contributed by atoms with Crippen molar-refractivity contribution in [1.82, 2.24) is 15.0 Å². The number of para-hydroxylation sites is 1. The standard InChI is InChI=1S/C27H22N4O4/c1-15(32)18-6-4-5-7-24(18)35-17-8-16(12-29-13-17)22-9-19-20-10-25(33-2)26(34-3)11-23(20)30-14-21(19)27(28)31-22/h4-14H,1-3H3,(H2,28,31). The molecule has 5 rings (SSSR count). The molecular formula is C27H22N4O4. The van der Waals surface area contributed by atoms with Crippen LogP contribution in [0.2, 0.25) is 0 Å². The minimum absolute atomic E-state index is 0.0822. The zero-order valence-electron chi connectivity index (χ0n) is 19.4. The molecule has 174 valence electrons. The number of rotatable bonds is 6. The van der Waals surface area contributed by atoms with Crippen molar-refractivity contribution >= 4 is 33.3 Å². The number of anilines is 1. The number of nitrogens with zero attached hydrogens (tertiary/aromatic N) is 3. The van der Waals surface area contributed by atoms with Gasteiger partial charge in [-0.25, -0.2) is 4.98 Å². The number of pyridine rings is 3. The number of aromatic nitrogens is 3. The molecule has 0 amide bonds. The first-order chi connectivity index (χ1) is 17.0. The number of methoxy groups -OCH3 is 2. The number of carbonyl (C=O) groups is 1. The SMILES string of the molecule is COc1cc2ncc3c(N)nc(-c4cncc(Oc5ccccc5C(C)=O)c4)cc3c2cc1OC. The van der Waals surface area contributed by atoms with E-state index in [0.717, 1.165) is 21.7 Å². The number of carbonyl (C=O) groups excluding carboxylic acids is 1. The van der Waals surface area contributed by atoms with Crippen molar-refractivity contribution in [2.24, 2.45) is 0 Å². The van der Waals surface area contributed by atoms with Gasteiger partial charge in [0.15, 0.2) is 17.3 Å². The van der Waals surface area contributed by atoms with Gasteiger partial charge in [-0.1, -0.05) is 12.1 Å². The van der Waals surface area contributed by atoms with Gasteiger partial charge in [0.25, 0.3) is 0 Å². The lowest BCUT2D eigenvalue weighted by Gasteiger charge is -2.13. The van der Waals surface area contributed by atoms with Gasteiger partial charge in [0.1, 0.15) is 17.3 Å². The van der Waals surface area contributed by atoms with Crippen LogP contribution in [0.25, 0.3) is 32.9 Å². The summed E-state index contributed by atoms with van der Waals surface area (Å²) in [4.78, 5) is 25.4.